The van der Waals surface area contributed by atoms with Gasteiger partial charge in [0.2, 0.25) is 5.88 Å². The normalized spacial score (nSPS) is 10.6. The van der Waals surface area contributed by atoms with Crippen LogP contribution in [0.15, 0.2) is 36.7 Å². The van der Waals surface area contributed by atoms with Gasteiger partial charge in [-0.05, 0) is 6.07 Å². The number of nitrogens with two attached hydrogens (primary N) is 1. The van der Waals surface area contributed by atoms with E-state index in [9.17, 15) is 0 Å². The summed E-state index contributed by atoms with van der Waals surface area (Å²) in [6.07, 6.45) is 3.59. The number of nitrogen functional groups attached to an aromatic ring is 1. The molecule has 0 aromatic carbocycles. The standard InChI is InChI=1S/C14H14N6O/c1-20-8-9(7-16-20)11-6-12(15)19-14(18-11)10-4-3-5-13(17-10)21-2/h3-8H,1-2H3,(H2,15,18,19). The molecule has 0 aliphatic carbocycles. The largest absolute Gasteiger partial charge is 0.481 e. The van der Waals surface area contributed by atoms with Crippen LogP contribution in [0.4, 0.5) is 5.82 Å². The van der Waals surface area contributed by atoms with Crippen molar-refractivity contribution in [3.8, 4) is 28.7 Å². The topological polar surface area (TPSA) is 91.7 Å². The lowest BCUT2D eigenvalue weighted by molar-refractivity contribution is 0.398. The lowest BCUT2D eigenvalue weighted by Gasteiger charge is -2.05. The number of ether oxygens (including phenoxy) is 1. The van der Waals surface area contributed by atoms with Crippen molar-refractivity contribution in [3.05, 3.63) is 36.7 Å². The molecule has 3 heterocycles. The van der Waals surface area contributed by atoms with Crippen molar-refractivity contribution in [3.63, 3.8) is 0 Å². The monoisotopic (exact) mass is 282 g/mol. The quantitative estimate of drug-likeness (QED) is 0.783. The van der Waals surface area contributed by atoms with Gasteiger partial charge in [-0.15, -0.1) is 0 Å². The maximum Gasteiger partial charge on any atom is 0.213 e. The second kappa shape index (κ2) is 5.20. The molecule has 3 rings (SSSR count). The van der Waals surface area contributed by atoms with Gasteiger partial charge in [0.05, 0.1) is 19.0 Å². The molecule has 2 N–H and O–H groups in total. The summed E-state index contributed by atoms with van der Waals surface area (Å²) in [6.45, 7) is 0. The van der Waals surface area contributed by atoms with Crippen LogP contribution >= 0.6 is 0 Å². The Balaban J connectivity index is 2.09. The van der Waals surface area contributed by atoms with Gasteiger partial charge in [0.1, 0.15) is 11.5 Å². The number of anilines is 1. The van der Waals surface area contributed by atoms with Crippen LogP contribution in [0.1, 0.15) is 0 Å². The Labute approximate surface area is 121 Å². The van der Waals surface area contributed by atoms with E-state index in [0.29, 0.717) is 28.9 Å². The number of nitrogens with zero attached hydrogens (tertiary/aromatic N) is 5. The van der Waals surface area contributed by atoms with Crippen molar-refractivity contribution in [1.82, 2.24) is 24.7 Å². The summed E-state index contributed by atoms with van der Waals surface area (Å²) in [7, 11) is 3.41. The van der Waals surface area contributed by atoms with E-state index in [4.69, 9.17) is 10.5 Å². The Morgan fingerprint density at radius 3 is 2.71 bits per heavy atom. The molecule has 0 saturated carbocycles. The molecule has 7 heteroatoms. The summed E-state index contributed by atoms with van der Waals surface area (Å²) in [5.74, 6) is 1.33. The van der Waals surface area contributed by atoms with Crippen molar-refractivity contribution in [2.75, 3.05) is 12.8 Å². The van der Waals surface area contributed by atoms with E-state index in [1.165, 1.54) is 0 Å². The molecule has 7 nitrogen and oxygen atoms in total. The van der Waals surface area contributed by atoms with Crippen LogP contribution < -0.4 is 10.5 Å². The molecule has 0 saturated heterocycles. The Hall–Kier alpha value is -2.96. The number of rotatable bonds is 3. The highest BCUT2D eigenvalue weighted by Gasteiger charge is 2.10. The molecule has 0 aliphatic heterocycles. The Bertz CT molecular complexity index is 783. The van der Waals surface area contributed by atoms with Crippen LogP contribution in [0.25, 0.3) is 22.8 Å². The second-order valence-electron chi connectivity index (χ2n) is 4.47. The second-order valence-corrected chi connectivity index (χ2v) is 4.47. The average molecular weight is 282 g/mol. The molecule has 0 bridgehead atoms. The molecule has 3 aromatic rings. The molecule has 0 amide bonds. The molecule has 106 valence electrons. The number of aromatic nitrogens is 5. The van der Waals surface area contributed by atoms with Gasteiger partial charge in [0, 0.05) is 30.9 Å². The van der Waals surface area contributed by atoms with E-state index in [-0.39, 0.29) is 0 Å². The predicted octanol–water partition coefficient (Wildman–Crippen LogP) is 1.53. The molecule has 3 aromatic heterocycles. The third kappa shape index (κ3) is 2.66. The summed E-state index contributed by atoms with van der Waals surface area (Å²) in [4.78, 5) is 13.1. The Morgan fingerprint density at radius 1 is 1.14 bits per heavy atom. The molecule has 0 fully saturated rings. The third-order valence-corrected chi connectivity index (χ3v) is 2.91. The van der Waals surface area contributed by atoms with Crippen LogP contribution in [-0.2, 0) is 7.05 Å². The fraction of sp³-hybridized carbons (Fsp3) is 0.143. The first-order chi connectivity index (χ1) is 10.2. The summed E-state index contributed by atoms with van der Waals surface area (Å²) in [5.41, 5.74) is 8.05. The van der Waals surface area contributed by atoms with Gasteiger partial charge in [0.25, 0.3) is 0 Å². The number of hydrogen-bond acceptors (Lipinski definition) is 6. The van der Waals surface area contributed by atoms with Crippen LogP contribution in [-0.4, -0.2) is 31.8 Å². The zero-order chi connectivity index (χ0) is 14.8. The Kier molecular flexibility index (Phi) is 3.23. The maximum absolute atomic E-state index is 5.87. The first-order valence-corrected chi connectivity index (χ1v) is 6.31. The van der Waals surface area contributed by atoms with Crippen LogP contribution in [0, 0.1) is 0 Å². The van der Waals surface area contributed by atoms with Gasteiger partial charge in [-0.3, -0.25) is 4.68 Å². The summed E-state index contributed by atoms with van der Waals surface area (Å²) < 4.78 is 6.82. The van der Waals surface area contributed by atoms with Crippen molar-refractivity contribution in [2.45, 2.75) is 0 Å². The number of hydrogen-bond donors (Lipinski definition) is 1. The highest BCUT2D eigenvalue weighted by Crippen LogP contribution is 2.22. The van der Waals surface area contributed by atoms with Crippen molar-refractivity contribution in [2.24, 2.45) is 7.05 Å². The van der Waals surface area contributed by atoms with Gasteiger partial charge in [-0.2, -0.15) is 5.10 Å². The lowest BCUT2D eigenvalue weighted by atomic mass is 10.2. The van der Waals surface area contributed by atoms with E-state index in [0.717, 1.165) is 5.56 Å². The van der Waals surface area contributed by atoms with E-state index in [2.05, 4.69) is 20.1 Å². The average Bonchev–Trinajstić information content (AvgIpc) is 2.93. The van der Waals surface area contributed by atoms with Gasteiger partial charge in [-0.25, -0.2) is 15.0 Å². The zero-order valence-electron chi connectivity index (χ0n) is 11.7. The smallest absolute Gasteiger partial charge is 0.213 e. The summed E-state index contributed by atoms with van der Waals surface area (Å²) in [5, 5.41) is 4.13. The van der Waals surface area contributed by atoms with Crippen LogP contribution in [0.5, 0.6) is 5.88 Å². The van der Waals surface area contributed by atoms with Crippen LogP contribution in [0.3, 0.4) is 0 Å². The van der Waals surface area contributed by atoms with Gasteiger partial charge in [-0.1, -0.05) is 6.07 Å². The lowest BCUT2D eigenvalue weighted by Crippen LogP contribution is -1.99. The molecule has 0 spiro atoms. The minimum absolute atomic E-state index is 0.378. The van der Waals surface area contributed by atoms with Gasteiger partial charge < -0.3 is 10.5 Å². The fourth-order valence-corrected chi connectivity index (χ4v) is 1.93. The SMILES string of the molecule is COc1cccc(-c2nc(N)cc(-c3cnn(C)c3)n2)n1. The molecular weight excluding hydrogens is 268 g/mol. The Morgan fingerprint density at radius 2 is 2.00 bits per heavy atom. The molecule has 0 radical (unpaired) electrons. The van der Waals surface area contributed by atoms with E-state index in [1.54, 1.807) is 30.1 Å². The first-order valence-electron chi connectivity index (χ1n) is 6.31. The van der Waals surface area contributed by atoms with E-state index >= 15 is 0 Å². The van der Waals surface area contributed by atoms with Crippen molar-refractivity contribution >= 4 is 5.82 Å². The first kappa shape index (κ1) is 13.0. The molecule has 0 atom stereocenters. The highest BCUT2D eigenvalue weighted by atomic mass is 16.5. The van der Waals surface area contributed by atoms with E-state index in [1.807, 2.05) is 25.4 Å². The fourth-order valence-electron chi connectivity index (χ4n) is 1.93. The predicted molar refractivity (Wildman–Crippen MR) is 78.4 cm³/mol. The van der Waals surface area contributed by atoms with Crippen molar-refractivity contribution < 1.29 is 4.74 Å². The minimum Gasteiger partial charge on any atom is -0.481 e. The van der Waals surface area contributed by atoms with Crippen molar-refractivity contribution in [1.29, 1.82) is 0 Å². The molecular formula is C14H14N6O. The maximum atomic E-state index is 5.87. The van der Waals surface area contributed by atoms with Gasteiger partial charge in [0.15, 0.2) is 5.82 Å². The van der Waals surface area contributed by atoms with Crippen LogP contribution in [0.2, 0.25) is 0 Å². The summed E-state index contributed by atoms with van der Waals surface area (Å²) >= 11 is 0. The van der Waals surface area contributed by atoms with Gasteiger partial charge >= 0.3 is 0 Å². The van der Waals surface area contributed by atoms with E-state index < -0.39 is 0 Å². The minimum atomic E-state index is 0.378. The molecule has 0 unspecified atom stereocenters. The zero-order valence-corrected chi connectivity index (χ0v) is 11.7. The summed E-state index contributed by atoms with van der Waals surface area (Å²) in [6, 6.07) is 7.11. The number of methoxy groups -OCH3 is 1. The highest BCUT2D eigenvalue weighted by molar-refractivity contribution is 5.64. The molecule has 0 aliphatic rings. The number of aryl methyl sites for hydroxylation is 1. The molecule has 21 heavy (non-hydrogen) atoms. The third-order valence-electron chi connectivity index (χ3n) is 2.91. The number of pyridine rings is 1.